The summed E-state index contributed by atoms with van der Waals surface area (Å²) in [5, 5.41) is 9.15. The SMILES string of the molecule is Cc1oc(C)c(S(=O)(=O)NCc2ccc(Br)c(F)c2F)c1C(=O)O. The minimum absolute atomic E-state index is 0.0683. The van der Waals surface area contributed by atoms with Gasteiger partial charge in [0.25, 0.3) is 0 Å². The lowest BCUT2D eigenvalue weighted by Gasteiger charge is -2.09. The molecule has 130 valence electrons. The van der Waals surface area contributed by atoms with E-state index in [1.807, 2.05) is 0 Å². The summed E-state index contributed by atoms with van der Waals surface area (Å²) >= 11 is 2.81. The predicted octanol–water partition coefficient (Wildman–Crippen LogP) is 3.11. The number of carbonyl (C=O) groups is 1. The van der Waals surface area contributed by atoms with Gasteiger partial charge in [-0.25, -0.2) is 26.7 Å². The molecule has 0 aliphatic rings. The van der Waals surface area contributed by atoms with E-state index in [9.17, 15) is 22.0 Å². The Morgan fingerprint density at radius 3 is 2.46 bits per heavy atom. The van der Waals surface area contributed by atoms with Crippen molar-refractivity contribution >= 4 is 31.9 Å². The molecule has 0 saturated carbocycles. The molecule has 0 aliphatic heterocycles. The van der Waals surface area contributed by atoms with Crippen molar-refractivity contribution in [1.29, 1.82) is 0 Å². The lowest BCUT2D eigenvalue weighted by atomic mass is 10.2. The Balaban J connectivity index is 2.38. The molecule has 2 N–H and O–H groups in total. The summed E-state index contributed by atoms with van der Waals surface area (Å²) in [5.74, 6) is -3.99. The second-order valence-electron chi connectivity index (χ2n) is 4.88. The molecule has 6 nitrogen and oxygen atoms in total. The zero-order valence-corrected chi connectivity index (χ0v) is 14.9. The molecule has 0 saturated heterocycles. The molecule has 24 heavy (non-hydrogen) atoms. The van der Waals surface area contributed by atoms with Crippen LogP contribution in [0.15, 0.2) is 25.9 Å². The zero-order valence-electron chi connectivity index (χ0n) is 12.5. The summed E-state index contributed by atoms with van der Waals surface area (Å²) in [5.41, 5.74) is -0.725. The molecule has 2 aromatic rings. The highest BCUT2D eigenvalue weighted by molar-refractivity contribution is 9.10. The molecule has 1 aromatic carbocycles. The molecular weight excluding hydrogens is 412 g/mol. The van der Waals surface area contributed by atoms with E-state index in [-0.39, 0.29) is 21.6 Å². The van der Waals surface area contributed by atoms with Gasteiger partial charge in [-0.05, 0) is 35.8 Å². The molecule has 2 rings (SSSR count). The second kappa shape index (κ2) is 6.61. The van der Waals surface area contributed by atoms with Crippen LogP contribution in [-0.4, -0.2) is 19.5 Å². The average Bonchev–Trinajstić information content (AvgIpc) is 2.79. The topological polar surface area (TPSA) is 96.6 Å². The number of nitrogens with one attached hydrogen (secondary N) is 1. The smallest absolute Gasteiger partial charge is 0.340 e. The van der Waals surface area contributed by atoms with Crippen molar-refractivity contribution in [3.63, 3.8) is 0 Å². The van der Waals surface area contributed by atoms with Gasteiger partial charge in [-0.2, -0.15) is 0 Å². The lowest BCUT2D eigenvalue weighted by molar-refractivity contribution is 0.0691. The van der Waals surface area contributed by atoms with E-state index >= 15 is 0 Å². The third kappa shape index (κ3) is 3.35. The summed E-state index contributed by atoms with van der Waals surface area (Å²) in [6.07, 6.45) is 0. The fourth-order valence-electron chi connectivity index (χ4n) is 2.18. The Morgan fingerprint density at radius 2 is 1.88 bits per heavy atom. The summed E-state index contributed by atoms with van der Waals surface area (Å²) in [7, 11) is -4.31. The van der Waals surface area contributed by atoms with Gasteiger partial charge in [0, 0.05) is 12.1 Å². The van der Waals surface area contributed by atoms with Gasteiger partial charge in [0.2, 0.25) is 10.0 Å². The number of aromatic carboxylic acids is 1. The maximum Gasteiger partial charge on any atom is 0.340 e. The Morgan fingerprint density at radius 1 is 1.25 bits per heavy atom. The number of aryl methyl sites for hydroxylation is 2. The first-order valence-corrected chi connectivity index (χ1v) is 8.79. The Labute approximate surface area is 144 Å². The molecule has 0 aliphatic carbocycles. The largest absolute Gasteiger partial charge is 0.478 e. The van der Waals surface area contributed by atoms with Crippen LogP contribution in [-0.2, 0) is 16.6 Å². The Hall–Kier alpha value is -1.78. The number of furan rings is 1. The predicted molar refractivity (Wildman–Crippen MR) is 83.2 cm³/mol. The van der Waals surface area contributed by atoms with E-state index in [1.54, 1.807) is 0 Å². The van der Waals surface area contributed by atoms with Crippen molar-refractivity contribution in [2.24, 2.45) is 0 Å². The maximum absolute atomic E-state index is 13.8. The monoisotopic (exact) mass is 423 g/mol. The van der Waals surface area contributed by atoms with Crippen molar-refractivity contribution in [2.75, 3.05) is 0 Å². The number of rotatable bonds is 5. The fourth-order valence-corrected chi connectivity index (χ4v) is 3.90. The number of carboxylic acid groups (broad SMARTS) is 1. The van der Waals surface area contributed by atoms with Crippen LogP contribution in [0.25, 0.3) is 0 Å². The molecule has 0 atom stereocenters. The van der Waals surface area contributed by atoms with Crippen LogP contribution in [0.5, 0.6) is 0 Å². The number of benzene rings is 1. The molecule has 0 fully saturated rings. The zero-order chi connectivity index (χ0) is 18.2. The van der Waals surface area contributed by atoms with Crippen molar-refractivity contribution < 1.29 is 31.5 Å². The van der Waals surface area contributed by atoms with Crippen LogP contribution in [0.1, 0.15) is 27.4 Å². The molecule has 10 heteroatoms. The van der Waals surface area contributed by atoms with Gasteiger partial charge in [-0.3, -0.25) is 0 Å². The Kier molecular flexibility index (Phi) is 5.11. The van der Waals surface area contributed by atoms with Gasteiger partial charge >= 0.3 is 5.97 Å². The van der Waals surface area contributed by atoms with Crippen LogP contribution in [0.2, 0.25) is 0 Å². The van der Waals surface area contributed by atoms with E-state index in [2.05, 4.69) is 20.7 Å². The lowest BCUT2D eigenvalue weighted by Crippen LogP contribution is -2.26. The second-order valence-corrected chi connectivity index (χ2v) is 7.44. The minimum Gasteiger partial charge on any atom is -0.478 e. The van der Waals surface area contributed by atoms with Crippen LogP contribution in [0.4, 0.5) is 8.78 Å². The van der Waals surface area contributed by atoms with Crippen LogP contribution in [0, 0.1) is 25.5 Å². The van der Waals surface area contributed by atoms with Gasteiger partial charge in [0.1, 0.15) is 22.0 Å². The molecule has 0 radical (unpaired) electrons. The van der Waals surface area contributed by atoms with Crippen molar-refractivity contribution in [3.8, 4) is 0 Å². The summed E-state index contributed by atoms with van der Waals surface area (Å²) in [4.78, 5) is 10.7. The molecule has 0 amide bonds. The van der Waals surface area contributed by atoms with Crippen molar-refractivity contribution in [2.45, 2.75) is 25.3 Å². The van der Waals surface area contributed by atoms with E-state index in [4.69, 9.17) is 9.52 Å². The quantitative estimate of drug-likeness (QED) is 0.720. The maximum atomic E-state index is 13.8. The molecule has 0 spiro atoms. The molecular formula is C14H12BrF2NO5S. The van der Waals surface area contributed by atoms with Gasteiger partial charge < -0.3 is 9.52 Å². The van der Waals surface area contributed by atoms with Gasteiger partial charge in [-0.1, -0.05) is 6.07 Å². The molecule has 0 unspecified atom stereocenters. The van der Waals surface area contributed by atoms with Crippen molar-refractivity contribution in [1.82, 2.24) is 4.72 Å². The van der Waals surface area contributed by atoms with E-state index in [1.165, 1.54) is 26.0 Å². The average molecular weight is 424 g/mol. The number of sulfonamides is 1. The van der Waals surface area contributed by atoms with Gasteiger partial charge in [0.05, 0.1) is 4.47 Å². The van der Waals surface area contributed by atoms with E-state index in [0.29, 0.717) is 0 Å². The molecule has 0 bridgehead atoms. The fraction of sp³-hybridized carbons (Fsp3) is 0.214. The van der Waals surface area contributed by atoms with Crippen LogP contribution < -0.4 is 4.72 Å². The first-order valence-electron chi connectivity index (χ1n) is 6.51. The third-order valence-corrected chi connectivity index (χ3v) is 5.42. The van der Waals surface area contributed by atoms with Crippen molar-refractivity contribution in [3.05, 3.63) is 50.9 Å². The first kappa shape index (κ1) is 18.6. The highest BCUT2D eigenvalue weighted by Gasteiger charge is 2.30. The summed E-state index contributed by atoms with van der Waals surface area (Å²) < 4.78 is 59.0. The normalized spacial score (nSPS) is 11.7. The van der Waals surface area contributed by atoms with E-state index < -0.39 is 44.6 Å². The molecule has 1 aromatic heterocycles. The number of hydrogen-bond acceptors (Lipinski definition) is 4. The minimum atomic E-state index is -4.31. The van der Waals surface area contributed by atoms with E-state index in [0.717, 1.165) is 0 Å². The first-order chi connectivity index (χ1) is 11.1. The molecule has 1 heterocycles. The summed E-state index contributed by atoms with van der Waals surface area (Å²) in [6.45, 7) is 2.06. The summed E-state index contributed by atoms with van der Waals surface area (Å²) in [6, 6.07) is 2.44. The number of hydrogen-bond donors (Lipinski definition) is 2. The van der Waals surface area contributed by atoms with Gasteiger partial charge in [-0.15, -0.1) is 0 Å². The number of halogens is 3. The third-order valence-electron chi connectivity index (χ3n) is 3.26. The highest BCUT2D eigenvalue weighted by Crippen LogP contribution is 2.27. The number of carboxylic acids is 1. The van der Waals surface area contributed by atoms with Crippen LogP contribution in [0.3, 0.4) is 0 Å². The van der Waals surface area contributed by atoms with Crippen LogP contribution >= 0.6 is 15.9 Å². The van der Waals surface area contributed by atoms with Gasteiger partial charge in [0.15, 0.2) is 11.6 Å². The Bertz CT molecular complexity index is 924. The standard InChI is InChI=1S/C14H12BrF2NO5S/c1-6-10(14(19)20)13(7(2)23-6)24(21,22)18-5-8-3-4-9(15)12(17)11(8)16/h3-4,18H,5H2,1-2H3,(H,19,20). The highest BCUT2D eigenvalue weighted by atomic mass is 79.9.